The second kappa shape index (κ2) is 4.30. The van der Waals surface area contributed by atoms with E-state index in [0.717, 1.165) is 39.1 Å². The van der Waals surface area contributed by atoms with Gasteiger partial charge in [0.1, 0.15) is 5.60 Å². The number of hydrogen-bond acceptors (Lipinski definition) is 3. The van der Waals surface area contributed by atoms with E-state index in [1.54, 1.807) is 0 Å². The summed E-state index contributed by atoms with van der Waals surface area (Å²) >= 11 is 0. The van der Waals surface area contributed by atoms with Crippen LogP contribution in [-0.4, -0.2) is 42.4 Å². The minimum atomic E-state index is -0.605. The molecule has 3 heteroatoms. The molecule has 1 aliphatic heterocycles. The van der Waals surface area contributed by atoms with Crippen LogP contribution < -0.4 is 0 Å². The standard InChI is InChI=1S/C16H21NO2/c18-16-13-5-2-1-4-12(13)14(16)6-3-7-15(16)17-8-10-19-11-9-17/h1-2,4-5,14-15,18H,3,6-11H2/t14?,15?,16-/m1/s1. The molecule has 102 valence electrons. The van der Waals surface area contributed by atoms with Crippen molar-refractivity contribution in [3.8, 4) is 0 Å². The molecule has 19 heavy (non-hydrogen) atoms. The second-order valence-electron chi connectivity index (χ2n) is 6.06. The normalized spacial score (nSPS) is 38.2. The fourth-order valence-corrected chi connectivity index (χ4v) is 4.39. The zero-order valence-electron chi connectivity index (χ0n) is 11.2. The third-order valence-corrected chi connectivity index (χ3v) is 5.26. The maximum Gasteiger partial charge on any atom is 0.112 e. The lowest BCUT2D eigenvalue weighted by molar-refractivity contribution is -0.132. The van der Waals surface area contributed by atoms with Crippen molar-refractivity contribution >= 4 is 0 Å². The Kier molecular flexibility index (Phi) is 2.69. The molecule has 1 saturated carbocycles. The van der Waals surface area contributed by atoms with Crippen molar-refractivity contribution in [3.05, 3.63) is 35.4 Å². The van der Waals surface area contributed by atoms with Gasteiger partial charge in [-0.15, -0.1) is 0 Å². The van der Waals surface area contributed by atoms with Crippen LogP contribution in [0.1, 0.15) is 36.3 Å². The summed E-state index contributed by atoms with van der Waals surface area (Å²) < 4.78 is 5.45. The quantitative estimate of drug-likeness (QED) is 0.835. The summed E-state index contributed by atoms with van der Waals surface area (Å²) in [4.78, 5) is 2.45. The third-order valence-electron chi connectivity index (χ3n) is 5.26. The first-order chi connectivity index (χ1) is 9.32. The molecule has 1 saturated heterocycles. The minimum Gasteiger partial charge on any atom is -0.383 e. The lowest BCUT2D eigenvalue weighted by atomic mass is 9.55. The Labute approximate surface area is 114 Å². The van der Waals surface area contributed by atoms with Gasteiger partial charge >= 0.3 is 0 Å². The third kappa shape index (κ3) is 1.55. The monoisotopic (exact) mass is 259 g/mol. The summed E-state index contributed by atoms with van der Waals surface area (Å²) in [6.07, 6.45) is 3.47. The van der Waals surface area contributed by atoms with Gasteiger partial charge in [-0.3, -0.25) is 4.90 Å². The highest BCUT2D eigenvalue weighted by atomic mass is 16.5. The van der Waals surface area contributed by atoms with Crippen LogP contribution >= 0.6 is 0 Å². The van der Waals surface area contributed by atoms with Crippen LogP contribution in [0, 0.1) is 0 Å². The molecule has 1 N–H and O–H groups in total. The van der Waals surface area contributed by atoms with E-state index in [1.165, 1.54) is 17.5 Å². The summed E-state index contributed by atoms with van der Waals surface area (Å²) in [7, 11) is 0. The zero-order valence-corrected chi connectivity index (χ0v) is 11.2. The summed E-state index contributed by atoms with van der Waals surface area (Å²) in [5.41, 5.74) is 1.95. The molecule has 1 heterocycles. The van der Waals surface area contributed by atoms with E-state index in [4.69, 9.17) is 4.74 Å². The fraction of sp³-hybridized carbons (Fsp3) is 0.625. The van der Waals surface area contributed by atoms with Gasteiger partial charge in [-0.1, -0.05) is 30.7 Å². The van der Waals surface area contributed by atoms with Crippen molar-refractivity contribution in [2.24, 2.45) is 0 Å². The molecule has 4 rings (SSSR count). The van der Waals surface area contributed by atoms with E-state index in [9.17, 15) is 5.11 Å². The van der Waals surface area contributed by atoms with E-state index < -0.39 is 5.60 Å². The van der Waals surface area contributed by atoms with Crippen LogP contribution in [0.4, 0.5) is 0 Å². The Morgan fingerprint density at radius 2 is 1.95 bits per heavy atom. The predicted octanol–water partition coefficient (Wildman–Crippen LogP) is 1.86. The molecule has 2 unspecified atom stereocenters. The van der Waals surface area contributed by atoms with Crippen LogP contribution in [-0.2, 0) is 10.3 Å². The van der Waals surface area contributed by atoms with Gasteiger partial charge in [0.15, 0.2) is 0 Å². The maximum atomic E-state index is 11.3. The van der Waals surface area contributed by atoms with Gasteiger partial charge in [-0.25, -0.2) is 0 Å². The molecular formula is C16H21NO2. The predicted molar refractivity (Wildman–Crippen MR) is 73.1 cm³/mol. The van der Waals surface area contributed by atoms with Crippen molar-refractivity contribution < 1.29 is 9.84 Å². The molecule has 3 nitrogen and oxygen atoms in total. The van der Waals surface area contributed by atoms with E-state index in [0.29, 0.717) is 5.92 Å². The number of morpholine rings is 1. The highest BCUT2D eigenvalue weighted by Gasteiger charge is 2.58. The van der Waals surface area contributed by atoms with Crippen molar-refractivity contribution in [1.82, 2.24) is 4.90 Å². The highest BCUT2D eigenvalue weighted by molar-refractivity contribution is 5.49. The summed E-state index contributed by atoms with van der Waals surface area (Å²) in [5, 5.41) is 11.3. The average Bonchev–Trinajstić information content (AvgIpc) is 2.47. The molecule has 0 amide bonds. The van der Waals surface area contributed by atoms with Gasteiger partial charge in [0.2, 0.25) is 0 Å². The van der Waals surface area contributed by atoms with E-state index >= 15 is 0 Å². The van der Waals surface area contributed by atoms with Gasteiger partial charge in [-0.05, 0) is 24.0 Å². The first-order valence-corrected chi connectivity index (χ1v) is 7.45. The number of fused-ring (bicyclic) bond motifs is 4. The largest absolute Gasteiger partial charge is 0.383 e. The Bertz CT molecular complexity index is 483. The first-order valence-electron chi connectivity index (χ1n) is 7.45. The van der Waals surface area contributed by atoms with Crippen LogP contribution in [0.3, 0.4) is 0 Å². The highest BCUT2D eigenvalue weighted by Crippen LogP contribution is 2.58. The molecule has 2 fully saturated rings. The van der Waals surface area contributed by atoms with Crippen molar-refractivity contribution in [3.63, 3.8) is 0 Å². The molecule has 2 aliphatic carbocycles. The fourth-order valence-electron chi connectivity index (χ4n) is 4.39. The maximum absolute atomic E-state index is 11.3. The summed E-state index contributed by atoms with van der Waals surface area (Å²) in [6, 6.07) is 8.74. The second-order valence-corrected chi connectivity index (χ2v) is 6.06. The molecule has 0 bridgehead atoms. The Morgan fingerprint density at radius 3 is 2.79 bits per heavy atom. The molecule has 1 aromatic rings. The molecule has 3 atom stereocenters. The number of hydrogen-bond donors (Lipinski definition) is 1. The van der Waals surface area contributed by atoms with Crippen LogP contribution in [0.25, 0.3) is 0 Å². The molecule has 0 radical (unpaired) electrons. The lowest BCUT2D eigenvalue weighted by Gasteiger charge is -2.58. The average molecular weight is 259 g/mol. The minimum absolute atomic E-state index is 0.282. The van der Waals surface area contributed by atoms with Gasteiger partial charge in [0, 0.05) is 25.0 Å². The molecule has 3 aliphatic rings. The summed E-state index contributed by atoms with van der Waals surface area (Å²) in [6.45, 7) is 3.53. The number of nitrogens with zero attached hydrogens (tertiary/aromatic N) is 1. The SMILES string of the molecule is O[C@]12c3ccccc3C1CCCC2N1CCOCC1. The van der Waals surface area contributed by atoms with Gasteiger partial charge < -0.3 is 9.84 Å². The zero-order chi connectivity index (χ0) is 12.9. The van der Waals surface area contributed by atoms with Gasteiger partial charge in [0.05, 0.1) is 13.2 Å². The van der Waals surface area contributed by atoms with Gasteiger partial charge in [0.25, 0.3) is 0 Å². The molecule has 1 aromatic carbocycles. The summed E-state index contributed by atoms with van der Waals surface area (Å²) in [5.74, 6) is 0.352. The van der Waals surface area contributed by atoms with Gasteiger partial charge in [-0.2, -0.15) is 0 Å². The Hall–Kier alpha value is -0.900. The Morgan fingerprint density at radius 1 is 1.16 bits per heavy atom. The lowest BCUT2D eigenvalue weighted by Crippen LogP contribution is -2.62. The van der Waals surface area contributed by atoms with Crippen molar-refractivity contribution in [1.29, 1.82) is 0 Å². The Balaban J connectivity index is 1.70. The number of benzene rings is 1. The first kappa shape index (κ1) is 11.9. The topological polar surface area (TPSA) is 32.7 Å². The van der Waals surface area contributed by atoms with Crippen LogP contribution in [0.5, 0.6) is 0 Å². The van der Waals surface area contributed by atoms with E-state index in [-0.39, 0.29) is 6.04 Å². The molecule has 0 spiro atoms. The smallest absolute Gasteiger partial charge is 0.112 e. The molecule has 0 aromatic heterocycles. The molecular weight excluding hydrogens is 238 g/mol. The number of ether oxygens (including phenoxy) is 1. The number of rotatable bonds is 1. The van der Waals surface area contributed by atoms with E-state index in [1.807, 2.05) is 0 Å². The van der Waals surface area contributed by atoms with Crippen LogP contribution in [0.15, 0.2) is 24.3 Å². The van der Waals surface area contributed by atoms with Crippen molar-refractivity contribution in [2.75, 3.05) is 26.3 Å². The number of aliphatic hydroxyl groups is 1. The van der Waals surface area contributed by atoms with Crippen molar-refractivity contribution in [2.45, 2.75) is 36.8 Å². The van der Waals surface area contributed by atoms with Crippen LogP contribution in [0.2, 0.25) is 0 Å². The van der Waals surface area contributed by atoms with E-state index in [2.05, 4.69) is 29.2 Å².